The zero-order valence-corrected chi connectivity index (χ0v) is 17.9. The highest BCUT2D eigenvalue weighted by Crippen LogP contribution is 2.18. The second-order valence-electron chi connectivity index (χ2n) is 6.90. The Morgan fingerprint density at radius 3 is 2.17 bits per heavy atom. The van der Waals surface area contributed by atoms with Crippen molar-refractivity contribution in [1.82, 2.24) is 10.6 Å². The molecule has 0 aliphatic rings. The first-order chi connectivity index (χ1) is 13.9. The van der Waals surface area contributed by atoms with Crippen molar-refractivity contribution in [2.24, 2.45) is 0 Å². The molecule has 3 amide bonds. The average molecular weight is 418 g/mol. The van der Waals surface area contributed by atoms with Crippen molar-refractivity contribution in [1.29, 1.82) is 0 Å². The van der Waals surface area contributed by atoms with E-state index in [9.17, 15) is 14.4 Å². The van der Waals surface area contributed by atoms with Gasteiger partial charge in [-0.15, -0.1) is 11.3 Å². The van der Waals surface area contributed by atoms with Crippen LogP contribution >= 0.6 is 11.3 Å². The minimum absolute atomic E-state index is 0.101. The second kappa shape index (κ2) is 11.3. The molecule has 1 heterocycles. The number of quaternary nitrogens is 1. The van der Waals surface area contributed by atoms with Crippen molar-refractivity contribution in [3.05, 3.63) is 51.7 Å². The molecule has 4 N–H and O–H groups in total. The Bertz CT molecular complexity index is 816. The number of carbonyl (C=O) groups is 3. The molecule has 0 aliphatic heterocycles. The number of para-hydroxylation sites is 1. The lowest BCUT2D eigenvalue weighted by molar-refractivity contribution is -0.881. The summed E-state index contributed by atoms with van der Waals surface area (Å²) in [7, 11) is 0. The first-order valence-electron chi connectivity index (χ1n) is 9.64. The standard InChI is InChI=1S/C21H28N4O3S/c1-4-25(13-19(27)22-11-17-9-6-10-29-17)14-20(28)23-12-18(26)24-21-15(2)7-5-8-16(21)3/h5-10H,4,11-14H2,1-3H3,(H,22,27)(H,23,28)(H,24,26)/p+1. The molecule has 156 valence electrons. The summed E-state index contributed by atoms with van der Waals surface area (Å²) in [5.41, 5.74) is 2.72. The van der Waals surface area contributed by atoms with E-state index in [1.165, 1.54) is 0 Å². The fourth-order valence-corrected chi connectivity index (χ4v) is 3.51. The van der Waals surface area contributed by atoms with Crippen LogP contribution in [-0.4, -0.2) is 43.9 Å². The number of nitrogens with one attached hydrogen (secondary N) is 4. The van der Waals surface area contributed by atoms with E-state index < -0.39 is 0 Å². The van der Waals surface area contributed by atoms with Crippen molar-refractivity contribution in [2.75, 3.05) is 31.5 Å². The fourth-order valence-electron chi connectivity index (χ4n) is 2.86. The largest absolute Gasteiger partial charge is 0.346 e. The lowest BCUT2D eigenvalue weighted by Gasteiger charge is -2.17. The third kappa shape index (κ3) is 7.67. The van der Waals surface area contributed by atoms with Crippen LogP contribution in [0.2, 0.25) is 0 Å². The van der Waals surface area contributed by atoms with Gasteiger partial charge in [0.2, 0.25) is 5.91 Å². The Labute approximate surface area is 175 Å². The topological polar surface area (TPSA) is 91.7 Å². The quantitative estimate of drug-likeness (QED) is 0.457. The van der Waals surface area contributed by atoms with Gasteiger partial charge in [0.1, 0.15) is 0 Å². The molecular weight excluding hydrogens is 388 g/mol. The van der Waals surface area contributed by atoms with Crippen LogP contribution < -0.4 is 20.9 Å². The minimum Gasteiger partial charge on any atom is -0.346 e. The zero-order valence-electron chi connectivity index (χ0n) is 17.1. The average Bonchev–Trinajstić information content (AvgIpc) is 3.21. The van der Waals surface area contributed by atoms with Crippen molar-refractivity contribution in [2.45, 2.75) is 27.3 Å². The van der Waals surface area contributed by atoms with E-state index in [1.807, 2.05) is 56.5 Å². The molecule has 0 spiro atoms. The van der Waals surface area contributed by atoms with E-state index in [0.29, 0.717) is 13.1 Å². The number of likely N-dealkylation sites (N-methyl/N-ethyl adjacent to an activating group) is 1. The van der Waals surface area contributed by atoms with Crippen LogP contribution in [0.3, 0.4) is 0 Å². The molecule has 0 saturated heterocycles. The van der Waals surface area contributed by atoms with Crippen molar-refractivity contribution in [3.8, 4) is 0 Å². The summed E-state index contributed by atoms with van der Waals surface area (Å²) in [6, 6.07) is 9.68. The SMILES string of the molecule is CC[NH+](CC(=O)NCC(=O)Nc1c(C)cccc1C)CC(=O)NCc1cccs1. The van der Waals surface area contributed by atoms with Crippen molar-refractivity contribution < 1.29 is 19.3 Å². The molecule has 1 aromatic carbocycles. The molecule has 1 aromatic heterocycles. The molecule has 0 fully saturated rings. The van der Waals surface area contributed by atoms with E-state index >= 15 is 0 Å². The van der Waals surface area contributed by atoms with Gasteiger partial charge in [0.25, 0.3) is 11.8 Å². The molecule has 8 heteroatoms. The summed E-state index contributed by atoms with van der Waals surface area (Å²) in [5, 5.41) is 10.3. The van der Waals surface area contributed by atoms with Gasteiger partial charge in [-0.05, 0) is 43.3 Å². The maximum absolute atomic E-state index is 12.2. The van der Waals surface area contributed by atoms with Crippen LogP contribution in [-0.2, 0) is 20.9 Å². The van der Waals surface area contributed by atoms with Crippen LogP contribution in [0, 0.1) is 13.8 Å². The Kier molecular flexibility index (Phi) is 8.82. The molecule has 1 unspecified atom stereocenters. The zero-order chi connectivity index (χ0) is 21.2. The van der Waals surface area contributed by atoms with Gasteiger partial charge in [-0.1, -0.05) is 24.3 Å². The van der Waals surface area contributed by atoms with Gasteiger partial charge in [0, 0.05) is 10.6 Å². The van der Waals surface area contributed by atoms with Gasteiger partial charge >= 0.3 is 0 Å². The van der Waals surface area contributed by atoms with E-state index in [2.05, 4.69) is 16.0 Å². The van der Waals surface area contributed by atoms with Gasteiger partial charge in [0.05, 0.1) is 19.6 Å². The van der Waals surface area contributed by atoms with Crippen molar-refractivity contribution >= 4 is 34.7 Å². The van der Waals surface area contributed by atoms with Crippen molar-refractivity contribution in [3.63, 3.8) is 0 Å². The predicted octanol–water partition coefficient (Wildman–Crippen LogP) is 0.641. The summed E-state index contributed by atoms with van der Waals surface area (Å²) < 4.78 is 0. The normalized spacial score (nSPS) is 11.6. The number of hydrogen-bond acceptors (Lipinski definition) is 4. The van der Waals surface area contributed by atoms with Crippen LogP contribution in [0.1, 0.15) is 22.9 Å². The Morgan fingerprint density at radius 1 is 0.931 bits per heavy atom. The number of amides is 3. The monoisotopic (exact) mass is 417 g/mol. The number of rotatable bonds is 10. The number of benzene rings is 1. The highest BCUT2D eigenvalue weighted by molar-refractivity contribution is 7.09. The molecule has 0 bridgehead atoms. The number of hydrogen-bond donors (Lipinski definition) is 4. The Balaban J connectivity index is 1.73. The lowest BCUT2D eigenvalue weighted by atomic mass is 10.1. The van der Waals surface area contributed by atoms with Gasteiger partial charge in [-0.25, -0.2) is 0 Å². The van der Waals surface area contributed by atoms with Gasteiger partial charge < -0.3 is 20.9 Å². The van der Waals surface area contributed by atoms with Gasteiger partial charge in [-0.2, -0.15) is 0 Å². The van der Waals surface area contributed by atoms with Crippen LogP contribution in [0.4, 0.5) is 5.69 Å². The molecule has 29 heavy (non-hydrogen) atoms. The lowest BCUT2D eigenvalue weighted by Crippen LogP contribution is -3.14. The number of thiophene rings is 1. The molecule has 0 saturated carbocycles. The van der Waals surface area contributed by atoms with Crippen LogP contribution in [0.5, 0.6) is 0 Å². The maximum atomic E-state index is 12.2. The van der Waals surface area contributed by atoms with Gasteiger partial charge in [-0.3, -0.25) is 14.4 Å². The molecule has 2 rings (SSSR count). The van der Waals surface area contributed by atoms with Gasteiger partial charge in [0.15, 0.2) is 13.1 Å². The third-order valence-corrected chi connectivity index (χ3v) is 5.43. The number of anilines is 1. The summed E-state index contributed by atoms with van der Waals surface area (Å²) in [4.78, 5) is 38.4. The second-order valence-corrected chi connectivity index (χ2v) is 7.94. The molecule has 2 aromatic rings. The van der Waals surface area contributed by atoms with E-state index in [1.54, 1.807) is 11.3 Å². The molecular formula is C21H29N4O3S+. The van der Waals surface area contributed by atoms with E-state index in [-0.39, 0.29) is 37.4 Å². The molecule has 1 atom stereocenters. The van der Waals surface area contributed by atoms with Crippen LogP contribution in [0.15, 0.2) is 35.7 Å². The Hall–Kier alpha value is -2.71. The smallest absolute Gasteiger partial charge is 0.275 e. The fraction of sp³-hybridized carbons (Fsp3) is 0.381. The highest BCUT2D eigenvalue weighted by atomic mass is 32.1. The molecule has 0 aliphatic carbocycles. The first kappa shape index (κ1) is 22.6. The summed E-state index contributed by atoms with van der Waals surface area (Å²) in [6.45, 7) is 7.15. The molecule has 0 radical (unpaired) electrons. The summed E-state index contributed by atoms with van der Waals surface area (Å²) >= 11 is 1.59. The first-order valence-corrected chi connectivity index (χ1v) is 10.5. The van der Waals surface area contributed by atoms with E-state index in [0.717, 1.165) is 26.6 Å². The third-order valence-electron chi connectivity index (χ3n) is 4.55. The highest BCUT2D eigenvalue weighted by Gasteiger charge is 2.17. The summed E-state index contributed by atoms with van der Waals surface area (Å²) in [6.07, 6.45) is 0. The number of carbonyl (C=O) groups excluding carboxylic acids is 3. The predicted molar refractivity (Wildman–Crippen MR) is 115 cm³/mol. The van der Waals surface area contributed by atoms with E-state index in [4.69, 9.17) is 0 Å². The molecule has 7 nitrogen and oxygen atoms in total. The maximum Gasteiger partial charge on any atom is 0.275 e. The van der Waals surface area contributed by atoms with Crippen LogP contribution in [0.25, 0.3) is 0 Å². The number of aryl methyl sites for hydroxylation is 2. The minimum atomic E-state index is -0.275. The summed E-state index contributed by atoms with van der Waals surface area (Å²) in [5.74, 6) is -0.636. The Morgan fingerprint density at radius 2 is 1.59 bits per heavy atom.